The lowest BCUT2D eigenvalue weighted by atomic mass is 9.92. The molecule has 0 N–H and O–H groups in total. The molecule has 0 spiro atoms. The van der Waals surface area contributed by atoms with Crippen molar-refractivity contribution in [3.05, 3.63) is 305 Å². The van der Waals surface area contributed by atoms with Gasteiger partial charge in [-0.2, -0.15) is 0 Å². The van der Waals surface area contributed by atoms with Gasteiger partial charge in [-0.05, 0) is 209 Å². The van der Waals surface area contributed by atoms with E-state index in [-0.39, 0.29) is 0 Å². The van der Waals surface area contributed by atoms with E-state index in [9.17, 15) is 0 Å². The van der Waals surface area contributed by atoms with Crippen LogP contribution in [-0.4, -0.2) is 19.5 Å². The monoisotopic (exact) mass is 1420 g/mol. The zero-order valence-corrected chi connectivity index (χ0v) is 71.4. The molecular weight excluding hydrogens is 1290 g/mol. The highest BCUT2D eigenvalue weighted by atomic mass is 14.9. The van der Waals surface area contributed by atoms with Gasteiger partial charge in [0.25, 0.3) is 0 Å². The van der Waals surface area contributed by atoms with E-state index in [1.165, 1.54) is 147 Å². The van der Waals surface area contributed by atoms with Gasteiger partial charge < -0.3 is 4.57 Å². The summed E-state index contributed by atoms with van der Waals surface area (Å²) in [5.41, 5.74) is 16.2. The number of aromatic nitrogens is 4. The molecule has 0 atom stereocenters. The number of nitrogens with zero attached hydrogens (tertiary/aromatic N) is 4. The van der Waals surface area contributed by atoms with E-state index in [0.29, 0.717) is 0 Å². The summed E-state index contributed by atoms with van der Waals surface area (Å²) < 4.78 is 2.26. The fraction of sp³-hybridized carbons (Fsp3) is 0.291. The van der Waals surface area contributed by atoms with E-state index in [2.05, 4.69) is 294 Å². The Hall–Kier alpha value is -10.3. The third-order valence-electron chi connectivity index (χ3n) is 17.3. The van der Waals surface area contributed by atoms with Gasteiger partial charge in [0.05, 0.1) is 5.52 Å². The average molecular weight is 1420 g/mol. The Labute approximate surface area is 646 Å². The number of hydrogen-bond acceptors (Lipinski definition) is 3. The number of pyridine rings is 1. The highest BCUT2D eigenvalue weighted by Gasteiger charge is 2.12. The molecule has 107 heavy (non-hydrogen) atoms. The van der Waals surface area contributed by atoms with Gasteiger partial charge in [0, 0.05) is 56.7 Å². The predicted molar refractivity (Wildman–Crippen MR) is 489 cm³/mol. The molecule has 0 aliphatic heterocycles. The average Bonchev–Trinajstić information content (AvgIpc) is 1.50. The van der Waals surface area contributed by atoms with Crippen molar-refractivity contribution in [1.29, 1.82) is 0 Å². The lowest BCUT2D eigenvalue weighted by Crippen LogP contribution is -1.92. The van der Waals surface area contributed by atoms with Crippen LogP contribution in [0.2, 0.25) is 0 Å². The smallest absolute Gasteiger partial charge is 0.126 e. The second-order valence-corrected chi connectivity index (χ2v) is 24.3. The summed E-state index contributed by atoms with van der Waals surface area (Å²) in [7, 11) is 2.13. The highest BCUT2D eigenvalue weighted by Crippen LogP contribution is 2.37. The lowest BCUT2D eigenvalue weighted by molar-refractivity contribution is 1.01. The summed E-state index contributed by atoms with van der Waals surface area (Å²) in [4.78, 5) is 13.0. The summed E-state index contributed by atoms with van der Waals surface area (Å²) in [6.07, 6.45) is 0. The van der Waals surface area contributed by atoms with Crippen LogP contribution in [0.15, 0.2) is 243 Å². The first-order chi connectivity index (χ1) is 52.0. The van der Waals surface area contributed by atoms with Crippen LogP contribution in [0.5, 0.6) is 0 Å². The molecule has 3 heterocycles. The second-order valence-electron chi connectivity index (χ2n) is 24.3. The molecule has 0 fully saturated rings. The fourth-order valence-corrected chi connectivity index (χ4v) is 13.1. The van der Waals surface area contributed by atoms with Gasteiger partial charge in [0.1, 0.15) is 5.82 Å². The number of rotatable bonds is 0. The normalized spacial score (nSPS) is 9.78. The van der Waals surface area contributed by atoms with Crippen molar-refractivity contribution < 1.29 is 0 Å². The molecule has 4 heteroatoms. The largest absolute Gasteiger partial charge is 0.344 e. The summed E-state index contributed by atoms with van der Waals surface area (Å²) in [6.45, 7) is 59.1. The molecule has 14 aromatic carbocycles. The molecule has 0 unspecified atom stereocenters. The first-order valence-corrected chi connectivity index (χ1v) is 39.9. The highest BCUT2D eigenvalue weighted by molar-refractivity contribution is 6.23. The number of para-hydroxylation sites is 2. The molecule has 3 aromatic heterocycles. The van der Waals surface area contributed by atoms with Gasteiger partial charge in [-0.15, -0.1) is 0 Å². The van der Waals surface area contributed by atoms with Crippen molar-refractivity contribution in [2.24, 2.45) is 7.05 Å². The Bertz CT molecular complexity index is 5130. The first kappa shape index (κ1) is 90.9. The molecule has 0 aliphatic carbocycles. The van der Waals surface area contributed by atoms with Crippen molar-refractivity contribution >= 4 is 119 Å². The van der Waals surface area contributed by atoms with E-state index in [1.54, 1.807) is 0 Å². The van der Waals surface area contributed by atoms with Crippen LogP contribution in [0.3, 0.4) is 0 Å². The molecule has 4 nitrogen and oxygen atoms in total. The summed E-state index contributed by atoms with van der Waals surface area (Å²) in [6, 6.07) is 87.0. The van der Waals surface area contributed by atoms with Crippen LogP contribution in [0.25, 0.3) is 119 Å². The van der Waals surface area contributed by atoms with Crippen LogP contribution in [0.1, 0.15) is 186 Å². The van der Waals surface area contributed by atoms with Crippen LogP contribution in [0.4, 0.5) is 0 Å². The zero-order chi connectivity index (χ0) is 80.0. The van der Waals surface area contributed by atoms with Gasteiger partial charge in [0.15, 0.2) is 0 Å². The van der Waals surface area contributed by atoms with Crippen molar-refractivity contribution in [3.63, 3.8) is 0 Å². The molecule has 17 aromatic rings. The SMILES string of the molecule is CC.CC.CC.CC.CC.CC.CC.CC.CC.Cc1cc2c3ccccc3c(C)cc2c2ccccc12.Cc1cc2ccc3cc(C)cc4ccc(c1)c2c34.Cc1cc2ccccc2c(C)n1.Cc1ccc2c3ccccc3n(C)c2c1.Cc1ccc2ccc(C)cc2c1.Cc1nc(C)c2ccccc2n1. The van der Waals surface area contributed by atoms with Crippen LogP contribution in [0, 0.1) is 76.2 Å². The summed E-state index contributed by atoms with van der Waals surface area (Å²) in [5, 5.41) is 25.4. The van der Waals surface area contributed by atoms with E-state index in [1.807, 2.05) is 176 Å². The minimum atomic E-state index is 0.839. The molecule has 0 amide bonds. The fourth-order valence-electron chi connectivity index (χ4n) is 13.1. The van der Waals surface area contributed by atoms with Crippen molar-refractivity contribution in [1.82, 2.24) is 19.5 Å². The molecule has 0 aliphatic rings. The summed E-state index contributed by atoms with van der Waals surface area (Å²) in [5.74, 6) is 0.839. The molecule has 0 bridgehead atoms. The molecular formula is C103H130N4. The van der Waals surface area contributed by atoms with Gasteiger partial charge in [-0.25, -0.2) is 9.97 Å². The Morgan fingerprint density at radius 1 is 0.215 bits per heavy atom. The van der Waals surface area contributed by atoms with Crippen LogP contribution >= 0.6 is 0 Å². The van der Waals surface area contributed by atoms with E-state index < -0.39 is 0 Å². The maximum atomic E-state index is 4.40. The minimum absolute atomic E-state index is 0.839. The number of benzene rings is 14. The second kappa shape index (κ2) is 47.3. The lowest BCUT2D eigenvalue weighted by Gasteiger charge is -2.12. The maximum Gasteiger partial charge on any atom is 0.126 e. The number of hydrogen-bond donors (Lipinski definition) is 0. The van der Waals surface area contributed by atoms with Gasteiger partial charge in [0.2, 0.25) is 0 Å². The van der Waals surface area contributed by atoms with Gasteiger partial charge >= 0.3 is 0 Å². The maximum absolute atomic E-state index is 4.40. The third-order valence-corrected chi connectivity index (χ3v) is 17.3. The van der Waals surface area contributed by atoms with Crippen molar-refractivity contribution in [2.75, 3.05) is 0 Å². The number of aryl methyl sites for hydroxylation is 12. The van der Waals surface area contributed by atoms with Crippen molar-refractivity contribution in [3.8, 4) is 0 Å². The Kier molecular flexibility index (Phi) is 40.2. The van der Waals surface area contributed by atoms with Gasteiger partial charge in [-0.1, -0.05) is 354 Å². The summed E-state index contributed by atoms with van der Waals surface area (Å²) >= 11 is 0. The Balaban J connectivity index is 0.000000322. The molecule has 17 rings (SSSR count). The van der Waals surface area contributed by atoms with E-state index >= 15 is 0 Å². The molecule has 562 valence electrons. The topological polar surface area (TPSA) is 43.6 Å². The Morgan fingerprint density at radius 2 is 0.551 bits per heavy atom. The molecule has 0 saturated carbocycles. The molecule has 0 saturated heterocycles. The third kappa shape index (κ3) is 23.4. The predicted octanol–water partition coefficient (Wildman–Crippen LogP) is 32.4. The standard InChI is InChI=1S/C20H16.C18H14.C14H13N.C12H12.C11H11N.C10H10N2.9C2H6/c1-13-11-19-18-10-6-4-8-16(18)14(2)12-20(19)17-9-5-3-7-15(13)17;1-11-7-13-3-5-15-9-12(2)10-16-6-4-14(8-11)17(13)18(15)16;1-10-7-8-12-11-5-3-4-6-13(11)15(2)14(12)9-10;1-9-3-5-11-6-4-10(2)8-12(11)7-9;1-8-7-10-5-3-4-6-11(10)9(2)12-8;1-7-9-5-3-4-6-10(9)12-8(2)11-7;9*1-2/h3-12H,1-2H3;3-10H,1-2H3;3-9H,1-2H3;3-8H,1-2H3;3-7H,1-2H3;3-6H,1-2H3;9*1-2H3. The van der Waals surface area contributed by atoms with E-state index in [4.69, 9.17) is 0 Å². The Morgan fingerprint density at radius 3 is 1.01 bits per heavy atom. The zero-order valence-electron chi connectivity index (χ0n) is 71.4. The van der Waals surface area contributed by atoms with Crippen molar-refractivity contribution in [2.45, 2.75) is 201 Å². The number of fused-ring (bicyclic) bond motifs is 11. The van der Waals surface area contributed by atoms with E-state index in [0.717, 1.165) is 33.8 Å². The van der Waals surface area contributed by atoms with Crippen LogP contribution in [-0.2, 0) is 7.05 Å². The molecule has 0 radical (unpaired) electrons. The quantitative estimate of drug-likeness (QED) is 0.142. The van der Waals surface area contributed by atoms with Crippen LogP contribution < -0.4 is 0 Å². The van der Waals surface area contributed by atoms with Gasteiger partial charge in [-0.3, -0.25) is 4.98 Å². The minimum Gasteiger partial charge on any atom is -0.344 e. The first-order valence-electron chi connectivity index (χ1n) is 39.9.